The van der Waals surface area contributed by atoms with Gasteiger partial charge in [-0.3, -0.25) is 19.8 Å². The quantitative estimate of drug-likeness (QED) is 0.293. The van der Waals surface area contributed by atoms with Gasteiger partial charge in [0.25, 0.3) is 11.8 Å². The Labute approximate surface area is 194 Å². The lowest BCUT2D eigenvalue weighted by Gasteiger charge is -2.29. The van der Waals surface area contributed by atoms with Crippen molar-refractivity contribution in [3.8, 4) is 23.8 Å². The fraction of sp³-hybridized carbons (Fsp3) is 0.174. The van der Waals surface area contributed by atoms with Crippen molar-refractivity contribution in [3.63, 3.8) is 0 Å². The van der Waals surface area contributed by atoms with Crippen molar-refractivity contribution < 1.29 is 19.1 Å². The first-order valence-corrected chi connectivity index (χ1v) is 10.4. The van der Waals surface area contributed by atoms with Crippen molar-refractivity contribution in [1.82, 2.24) is 5.32 Å². The van der Waals surface area contributed by atoms with Gasteiger partial charge in [-0.15, -0.1) is 6.42 Å². The summed E-state index contributed by atoms with van der Waals surface area (Å²) < 4.78 is 11.7. The van der Waals surface area contributed by atoms with E-state index in [9.17, 15) is 9.59 Å². The van der Waals surface area contributed by atoms with Gasteiger partial charge in [0.1, 0.15) is 12.2 Å². The maximum atomic E-state index is 13.3. The number of thiocarbonyl (C=S) groups is 1. The zero-order valence-electron chi connectivity index (χ0n) is 17.1. The first-order chi connectivity index (χ1) is 14.8. The second kappa shape index (κ2) is 9.33. The Morgan fingerprint density at radius 2 is 1.97 bits per heavy atom. The van der Waals surface area contributed by atoms with E-state index in [1.165, 1.54) is 18.1 Å². The molecule has 6 nitrogen and oxygen atoms in total. The van der Waals surface area contributed by atoms with Crippen molar-refractivity contribution in [2.24, 2.45) is 0 Å². The van der Waals surface area contributed by atoms with Crippen LogP contribution in [0.25, 0.3) is 6.08 Å². The smallest absolute Gasteiger partial charge is 0.270 e. The lowest BCUT2D eigenvalue weighted by atomic mass is 10.0. The molecule has 0 aliphatic carbocycles. The lowest BCUT2D eigenvalue weighted by molar-refractivity contribution is -0.122. The van der Waals surface area contributed by atoms with Gasteiger partial charge in [0.05, 0.1) is 12.8 Å². The molecule has 8 heteroatoms. The number of nitrogens with one attached hydrogen (secondary N) is 1. The zero-order valence-corrected chi connectivity index (χ0v) is 19.5. The second-order valence-electron chi connectivity index (χ2n) is 6.75. The Kier molecular flexibility index (Phi) is 6.78. The summed E-state index contributed by atoms with van der Waals surface area (Å²) in [6.45, 7) is 3.91. The van der Waals surface area contributed by atoms with Crippen LogP contribution in [0.5, 0.6) is 11.5 Å². The highest BCUT2D eigenvalue weighted by Crippen LogP contribution is 2.37. The number of ether oxygens (including phenoxy) is 2. The van der Waals surface area contributed by atoms with Crippen LogP contribution in [0.15, 0.2) is 40.4 Å². The van der Waals surface area contributed by atoms with E-state index >= 15 is 0 Å². The predicted octanol–water partition coefficient (Wildman–Crippen LogP) is 3.92. The molecular weight excluding hydrogens is 480 g/mol. The highest BCUT2D eigenvalue weighted by atomic mass is 79.9. The molecule has 3 rings (SSSR count). The van der Waals surface area contributed by atoms with Crippen LogP contribution in [-0.2, 0) is 9.59 Å². The van der Waals surface area contributed by atoms with Gasteiger partial charge >= 0.3 is 0 Å². The minimum Gasteiger partial charge on any atom is -0.493 e. The number of carbonyl (C=O) groups excluding carboxylic acids is 2. The number of halogens is 1. The molecule has 2 amide bonds. The van der Waals surface area contributed by atoms with Gasteiger partial charge in [-0.05, 0) is 67.5 Å². The van der Waals surface area contributed by atoms with Crippen molar-refractivity contribution in [2.75, 3.05) is 18.6 Å². The van der Waals surface area contributed by atoms with E-state index in [1.54, 1.807) is 18.2 Å². The molecular formula is C23H19BrN2O4S. The van der Waals surface area contributed by atoms with Crippen LogP contribution in [0.3, 0.4) is 0 Å². The van der Waals surface area contributed by atoms with Gasteiger partial charge in [0.15, 0.2) is 16.6 Å². The standard InChI is InChI=1S/C23H19BrN2O4S/c1-5-8-30-20-15(10-16(24)12-19(20)29-4)11-18-21(27)25-23(31)26(22(18)28)17-7-6-13(2)14(3)9-17/h1,6-7,9-12H,8H2,2-4H3,(H,25,27,31)/b18-11+. The van der Waals surface area contributed by atoms with E-state index in [2.05, 4.69) is 27.2 Å². The fourth-order valence-corrected chi connectivity index (χ4v) is 3.76. The van der Waals surface area contributed by atoms with Crippen molar-refractivity contribution in [2.45, 2.75) is 13.8 Å². The van der Waals surface area contributed by atoms with E-state index in [0.717, 1.165) is 11.1 Å². The Morgan fingerprint density at radius 3 is 2.61 bits per heavy atom. The number of rotatable bonds is 5. The number of amides is 2. The number of terminal acetylenes is 1. The van der Waals surface area contributed by atoms with Gasteiger partial charge in [-0.25, -0.2) is 0 Å². The predicted molar refractivity (Wildman–Crippen MR) is 127 cm³/mol. The van der Waals surface area contributed by atoms with Gasteiger partial charge < -0.3 is 9.47 Å². The average molecular weight is 499 g/mol. The van der Waals surface area contributed by atoms with Crippen LogP contribution in [0.4, 0.5) is 5.69 Å². The molecule has 1 saturated heterocycles. The summed E-state index contributed by atoms with van der Waals surface area (Å²) in [6.07, 6.45) is 6.75. The first kappa shape index (κ1) is 22.5. The molecule has 0 spiro atoms. The Bertz CT molecular complexity index is 1170. The van der Waals surface area contributed by atoms with Crippen LogP contribution in [0.1, 0.15) is 16.7 Å². The third-order valence-electron chi connectivity index (χ3n) is 4.72. The molecule has 0 bridgehead atoms. The van der Waals surface area contributed by atoms with Crippen molar-refractivity contribution >= 4 is 56.8 Å². The number of hydrogen-bond donors (Lipinski definition) is 1. The molecule has 1 heterocycles. The third kappa shape index (κ3) is 4.63. The molecule has 2 aromatic carbocycles. The third-order valence-corrected chi connectivity index (χ3v) is 5.46. The normalized spacial score (nSPS) is 15.0. The number of aryl methyl sites for hydroxylation is 2. The Hall–Kier alpha value is -3.15. The van der Waals surface area contributed by atoms with E-state index in [1.807, 2.05) is 26.0 Å². The van der Waals surface area contributed by atoms with E-state index in [4.69, 9.17) is 28.1 Å². The van der Waals surface area contributed by atoms with Crippen LogP contribution in [0.2, 0.25) is 0 Å². The minimum atomic E-state index is -0.600. The number of hydrogen-bond acceptors (Lipinski definition) is 5. The van der Waals surface area contributed by atoms with Gasteiger partial charge in [0, 0.05) is 10.0 Å². The maximum absolute atomic E-state index is 13.3. The van der Waals surface area contributed by atoms with E-state index in [0.29, 0.717) is 27.2 Å². The van der Waals surface area contributed by atoms with Crippen molar-refractivity contribution in [3.05, 3.63) is 57.1 Å². The molecule has 0 unspecified atom stereocenters. The molecule has 0 saturated carbocycles. The summed E-state index contributed by atoms with van der Waals surface area (Å²) in [7, 11) is 1.49. The molecule has 1 aliphatic rings. The number of carbonyl (C=O) groups is 2. The summed E-state index contributed by atoms with van der Waals surface area (Å²) in [4.78, 5) is 27.3. The van der Waals surface area contributed by atoms with Crippen LogP contribution in [-0.4, -0.2) is 30.6 Å². The van der Waals surface area contributed by atoms with Gasteiger partial charge in [-0.2, -0.15) is 0 Å². The number of benzene rings is 2. The summed E-state index contributed by atoms with van der Waals surface area (Å²) >= 11 is 8.67. The number of nitrogens with zero attached hydrogens (tertiary/aromatic N) is 1. The topological polar surface area (TPSA) is 67.9 Å². The van der Waals surface area contributed by atoms with E-state index < -0.39 is 11.8 Å². The summed E-state index contributed by atoms with van der Waals surface area (Å²) in [5, 5.41) is 2.60. The molecule has 31 heavy (non-hydrogen) atoms. The largest absolute Gasteiger partial charge is 0.493 e. The second-order valence-corrected chi connectivity index (χ2v) is 8.05. The number of methoxy groups -OCH3 is 1. The molecule has 0 atom stereocenters. The maximum Gasteiger partial charge on any atom is 0.270 e. The molecule has 0 aromatic heterocycles. The zero-order chi connectivity index (χ0) is 22.7. The Morgan fingerprint density at radius 1 is 1.23 bits per heavy atom. The monoisotopic (exact) mass is 498 g/mol. The molecule has 1 aliphatic heterocycles. The molecule has 0 radical (unpaired) electrons. The average Bonchev–Trinajstić information content (AvgIpc) is 2.72. The van der Waals surface area contributed by atoms with Gasteiger partial charge in [-0.1, -0.05) is 27.9 Å². The lowest BCUT2D eigenvalue weighted by Crippen LogP contribution is -2.54. The molecule has 158 valence electrons. The van der Waals surface area contributed by atoms with Crippen LogP contribution < -0.4 is 19.7 Å². The van der Waals surface area contributed by atoms with Crippen LogP contribution >= 0.6 is 28.1 Å². The minimum absolute atomic E-state index is 0.00678. The van der Waals surface area contributed by atoms with Crippen molar-refractivity contribution in [1.29, 1.82) is 0 Å². The highest BCUT2D eigenvalue weighted by Gasteiger charge is 2.35. The molecule has 1 N–H and O–H groups in total. The molecule has 2 aromatic rings. The summed E-state index contributed by atoms with van der Waals surface area (Å²) in [5.74, 6) is 1.98. The van der Waals surface area contributed by atoms with Crippen LogP contribution in [0, 0.1) is 26.2 Å². The first-order valence-electron chi connectivity index (χ1n) is 9.19. The summed E-state index contributed by atoms with van der Waals surface area (Å²) in [5.41, 5.74) is 3.00. The van der Waals surface area contributed by atoms with E-state index in [-0.39, 0.29) is 17.3 Å². The summed E-state index contributed by atoms with van der Waals surface area (Å²) in [6, 6.07) is 8.93. The Balaban J connectivity index is 2.11. The molecule has 1 fully saturated rings. The van der Waals surface area contributed by atoms with Gasteiger partial charge in [0.2, 0.25) is 0 Å². The SMILES string of the molecule is C#CCOc1c(/C=C2\C(=O)NC(=S)N(c3ccc(C)c(C)c3)C2=O)cc(Br)cc1OC. The fourth-order valence-electron chi connectivity index (χ4n) is 3.03. The highest BCUT2D eigenvalue weighted by molar-refractivity contribution is 9.10. The number of anilines is 1.